The van der Waals surface area contributed by atoms with Gasteiger partial charge in [-0.2, -0.15) is 15.0 Å². The average Bonchev–Trinajstić information content (AvgIpc) is 2.81. The molecule has 2 heterocycles. The Morgan fingerprint density at radius 2 is 1.94 bits per heavy atom. The van der Waals surface area contributed by atoms with Crippen molar-refractivity contribution in [3.05, 3.63) is 5.28 Å². The summed E-state index contributed by atoms with van der Waals surface area (Å²) >= 11 is 7.58. The zero-order valence-electron chi connectivity index (χ0n) is 10.8. The molecule has 1 aliphatic heterocycles. The number of nitrogens with zero attached hydrogens (tertiary/aromatic N) is 5. The van der Waals surface area contributed by atoms with Crippen molar-refractivity contribution in [1.82, 2.24) is 19.9 Å². The molecule has 1 fully saturated rings. The van der Waals surface area contributed by atoms with E-state index in [1.54, 1.807) is 11.8 Å². The highest BCUT2D eigenvalue weighted by Crippen LogP contribution is 2.21. The Kier molecular flexibility index (Phi) is 5.03. The predicted octanol–water partition coefficient (Wildman–Crippen LogP) is 1.78. The van der Waals surface area contributed by atoms with E-state index in [4.69, 9.17) is 11.6 Å². The lowest BCUT2D eigenvalue weighted by atomic mass is 10.4. The normalized spacial score (nSPS) is 15.7. The molecule has 2 rings (SSSR count). The van der Waals surface area contributed by atoms with E-state index in [2.05, 4.69) is 38.8 Å². The first-order valence-corrected chi connectivity index (χ1v) is 7.45. The Hall–Kier alpha value is -0.590. The van der Waals surface area contributed by atoms with Crippen LogP contribution in [0.1, 0.15) is 12.8 Å². The first-order valence-electron chi connectivity index (χ1n) is 6.09. The molecule has 100 valence electrons. The number of anilines is 1. The fraction of sp³-hybridized carbons (Fsp3) is 0.727. The lowest BCUT2D eigenvalue weighted by Crippen LogP contribution is -2.21. The average molecular weight is 288 g/mol. The summed E-state index contributed by atoms with van der Waals surface area (Å²) in [5, 5.41) is 1.01. The third kappa shape index (κ3) is 3.96. The molecule has 1 aliphatic rings. The molecule has 18 heavy (non-hydrogen) atoms. The smallest absolute Gasteiger partial charge is 0.230 e. The predicted molar refractivity (Wildman–Crippen MR) is 75.6 cm³/mol. The molecular formula is C11H18ClN5S. The van der Waals surface area contributed by atoms with Crippen molar-refractivity contribution in [2.45, 2.75) is 18.0 Å². The van der Waals surface area contributed by atoms with E-state index in [0.29, 0.717) is 5.28 Å². The molecule has 0 spiro atoms. The zero-order chi connectivity index (χ0) is 13.0. The quantitative estimate of drug-likeness (QED) is 0.769. The van der Waals surface area contributed by atoms with Crippen molar-refractivity contribution in [1.29, 1.82) is 0 Å². The number of halogens is 1. The highest BCUT2D eigenvalue weighted by atomic mass is 35.5. The van der Waals surface area contributed by atoms with Gasteiger partial charge in [-0.1, -0.05) is 11.8 Å². The van der Waals surface area contributed by atoms with Crippen molar-refractivity contribution in [2.75, 3.05) is 44.4 Å². The van der Waals surface area contributed by atoms with Crippen molar-refractivity contribution in [2.24, 2.45) is 0 Å². The summed E-state index contributed by atoms with van der Waals surface area (Å²) in [6, 6.07) is 0. The van der Waals surface area contributed by atoms with Crippen LogP contribution in [-0.4, -0.2) is 59.3 Å². The van der Waals surface area contributed by atoms with Gasteiger partial charge in [0.1, 0.15) is 0 Å². The van der Waals surface area contributed by atoms with E-state index in [1.807, 2.05) is 0 Å². The molecule has 0 saturated carbocycles. The fourth-order valence-corrected chi connectivity index (χ4v) is 2.91. The first kappa shape index (κ1) is 13.8. The molecule has 0 N–H and O–H groups in total. The zero-order valence-corrected chi connectivity index (χ0v) is 12.3. The molecule has 0 aromatic carbocycles. The van der Waals surface area contributed by atoms with Crippen LogP contribution in [0.5, 0.6) is 0 Å². The van der Waals surface area contributed by atoms with Crippen LogP contribution in [0.2, 0.25) is 5.28 Å². The van der Waals surface area contributed by atoms with Gasteiger partial charge in [0.25, 0.3) is 0 Å². The van der Waals surface area contributed by atoms with Crippen molar-refractivity contribution in [3.8, 4) is 0 Å². The van der Waals surface area contributed by atoms with Crippen LogP contribution in [0, 0.1) is 0 Å². The number of rotatable bonds is 5. The van der Waals surface area contributed by atoms with Crippen LogP contribution in [0.25, 0.3) is 0 Å². The van der Waals surface area contributed by atoms with Gasteiger partial charge in [-0.15, -0.1) is 0 Å². The number of hydrogen-bond acceptors (Lipinski definition) is 6. The van der Waals surface area contributed by atoms with Crippen molar-refractivity contribution < 1.29 is 0 Å². The van der Waals surface area contributed by atoms with E-state index in [-0.39, 0.29) is 0 Å². The highest BCUT2D eigenvalue weighted by molar-refractivity contribution is 7.99. The number of thioether (sulfide) groups is 1. The molecule has 0 atom stereocenters. The van der Waals surface area contributed by atoms with Crippen LogP contribution in [0.4, 0.5) is 5.95 Å². The van der Waals surface area contributed by atoms with E-state index >= 15 is 0 Å². The van der Waals surface area contributed by atoms with Gasteiger partial charge in [-0.25, -0.2) is 0 Å². The topological polar surface area (TPSA) is 45.2 Å². The van der Waals surface area contributed by atoms with Gasteiger partial charge in [-0.05, 0) is 38.5 Å². The first-order chi connectivity index (χ1) is 8.65. The molecule has 0 aliphatic carbocycles. The minimum absolute atomic E-state index is 0.291. The van der Waals surface area contributed by atoms with Crippen molar-refractivity contribution >= 4 is 29.3 Å². The van der Waals surface area contributed by atoms with Crippen LogP contribution in [0.3, 0.4) is 0 Å². The minimum atomic E-state index is 0.291. The van der Waals surface area contributed by atoms with E-state index in [0.717, 1.165) is 36.5 Å². The Morgan fingerprint density at radius 1 is 1.22 bits per heavy atom. The molecule has 5 nitrogen and oxygen atoms in total. The summed E-state index contributed by atoms with van der Waals surface area (Å²) in [5.41, 5.74) is 0. The van der Waals surface area contributed by atoms with Gasteiger partial charge < -0.3 is 9.80 Å². The second-order valence-corrected chi connectivity index (χ2v) is 5.93. The van der Waals surface area contributed by atoms with Gasteiger partial charge in [0, 0.05) is 25.4 Å². The maximum atomic E-state index is 5.96. The summed E-state index contributed by atoms with van der Waals surface area (Å²) < 4.78 is 0. The van der Waals surface area contributed by atoms with Gasteiger partial charge in [0.15, 0.2) is 5.16 Å². The molecule has 1 saturated heterocycles. The largest absolute Gasteiger partial charge is 0.341 e. The summed E-state index contributed by atoms with van der Waals surface area (Å²) in [6.07, 6.45) is 2.40. The standard InChI is InChI=1S/C11H18ClN5S/c1-16(2)7-8-18-11-14-9(12)13-10(15-11)17-5-3-4-6-17/h3-8H2,1-2H3. The molecule has 0 unspecified atom stereocenters. The van der Waals surface area contributed by atoms with E-state index < -0.39 is 0 Å². The highest BCUT2D eigenvalue weighted by Gasteiger charge is 2.16. The Bertz CT molecular complexity index is 395. The minimum Gasteiger partial charge on any atom is -0.341 e. The third-order valence-corrected chi connectivity index (χ3v) is 3.73. The van der Waals surface area contributed by atoms with Gasteiger partial charge in [-0.3, -0.25) is 0 Å². The van der Waals surface area contributed by atoms with Crippen LogP contribution in [-0.2, 0) is 0 Å². The fourth-order valence-electron chi connectivity index (χ4n) is 1.76. The molecular weight excluding hydrogens is 270 g/mol. The SMILES string of the molecule is CN(C)CCSc1nc(Cl)nc(N2CCCC2)n1. The molecule has 1 aromatic rings. The Labute approximate surface area is 117 Å². The van der Waals surface area contributed by atoms with Crippen LogP contribution >= 0.6 is 23.4 Å². The number of hydrogen-bond donors (Lipinski definition) is 0. The van der Waals surface area contributed by atoms with Crippen LogP contribution in [0.15, 0.2) is 5.16 Å². The molecule has 0 radical (unpaired) electrons. The second-order valence-electron chi connectivity index (χ2n) is 4.53. The molecule has 7 heteroatoms. The maximum absolute atomic E-state index is 5.96. The molecule has 1 aromatic heterocycles. The molecule has 0 bridgehead atoms. The number of aromatic nitrogens is 3. The summed E-state index contributed by atoms with van der Waals surface area (Å²) in [5.74, 6) is 1.67. The van der Waals surface area contributed by atoms with Gasteiger partial charge in [0.2, 0.25) is 11.2 Å². The Balaban J connectivity index is 2.01. The van der Waals surface area contributed by atoms with E-state index in [1.165, 1.54) is 12.8 Å². The summed E-state index contributed by atoms with van der Waals surface area (Å²) in [4.78, 5) is 17.1. The summed E-state index contributed by atoms with van der Waals surface area (Å²) in [6.45, 7) is 3.03. The van der Waals surface area contributed by atoms with Gasteiger partial charge in [0.05, 0.1) is 0 Å². The Morgan fingerprint density at radius 3 is 2.61 bits per heavy atom. The summed E-state index contributed by atoms with van der Waals surface area (Å²) in [7, 11) is 4.10. The van der Waals surface area contributed by atoms with Crippen LogP contribution < -0.4 is 4.90 Å². The van der Waals surface area contributed by atoms with E-state index in [9.17, 15) is 0 Å². The lowest BCUT2D eigenvalue weighted by molar-refractivity contribution is 0.437. The monoisotopic (exact) mass is 287 g/mol. The second kappa shape index (κ2) is 6.54. The third-order valence-electron chi connectivity index (χ3n) is 2.73. The maximum Gasteiger partial charge on any atom is 0.230 e. The van der Waals surface area contributed by atoms with Crippen molar-refractivity contribution in [3.63, 3.8) is 0 Å². The molecule has 0 amide bonds. The van der Waals surface area contributed by atoms with Gasteiger partial charge >= 0.3 is 0 Å². The lowest BCUT2D eigenvalue weighted by Gasteiger charge is -2.15.